The topological polar surface area (TPSA) is 92.3 Å². The van der Waals surface area contributed by atoms with Crippen molar-refractivity contribution in [2.45, 2.75) is 25.0 Å². The minimum atomic E-state index is -0.724. The zero-order chi connectivity index (χ0) is 21.3. The van der Waals surface area contributed by atoms with Crippen LogP contribution in [0.4, 0.5) is 14.5 Å². The number of ketones is 1. The lowest BCUT2D eigenvalue weighted by Crippen LogP contribution is -2.49. The molecule has 1 aliphatic rings. The second kappa shape index (κ2) is 8.55. The molecular weight excluding hydrogens is 410 g/mol. The molecule has 0 amide bonds. The van der Waals surface area contributed by atoms with E-state index in [1.54, 1.807) is 18.5 Å². The van der Waals surface area contributed by atoms with Crippen LogP contribution in [-0.2, 0) is 6.42 Å². The highest BCUT2D eigenvalue weighted by molar-refractivity contribution is 7.13. The van der Waals surface area contributed by atoms with Crippen LogP contribution in [0.1, 0.15) is 22.5 Å². The van der Waals surface area contributed by atoms with E-state index >= 15 is 0 Å². The zero-order valence-corrected chi connectivity index (χ0v) is 16.8. The highest BCUT2D eigenvalue weighted by Gasteiger charge is 2.26. The molecule has 3 aromatic rings. The monoisotopic (exact) mass is 430 g/mol. The number of aromatic nitrogens is 2. The first-order valence-electron chi connectivity index (χ1n) is 9.47. The van der Waals surface area contributed by atoms with Crippen LogP contribution in [0, 0.1) is 11.6 Å². The minimum Gasteiger partial charge on any atom is -0.391 e. The van der Waals surface area contributed by atoms with E-state index in [2.05, 4.69) is 9.97 Å². The Morgan fingerprint density at radius 3 is 2.77 bits per heavy atom. The number of carbonyl (C=O) groups excluding carboxylic acids is 1. The van der Waals surface area contributed by atoms with Crippen LogP contribution in [0.15, 0.2) is 42.0 Å². The molecule has 156 valence electrons. The summed E-state index contributed by atoms with van der Waals surface area (Å²) in [5, 5.41) is 11.7. The van der Waals surface area contributed by atoms with Gasteiger partial charge in [0.05, 0.1) is 11.7 Å². The number of halogens is 2. The van der Waals surface area contributed by atoms with Gasteiger partial charge in [0, 0.05) is 54.6 Å². The molecule has 0 spiro atoms. The van der Waals surface area contributed by atoms with Gasteiger partial charge in [-0.15, -0.1) is 11.3 Å². The summed E-state index contributed by atoms with van der Waals surface area (Å²) in [6.45, 7) is 0.988. The molecule has 0 bridgehead atoms. The second-order valence-electron chi connectivity index (χ2n) is 7.29. The fourth-order valence-corrected chi connectivity index (χ4v) is 4.53. The number of benzene rings is 1. The predicted octanol–water partition coefficient (Wildman–Crippen LogP) is 2.81. The molecule has 6 nitrogen and oxygen atoms in total. The number of β-amino-alcohol motifs (C(OH)–C–C–N with tert-alkyl or cyclic N) is 1. The number of carbonyl (C=O) groups is 1. The van der Waals surface area contributed by atoms with Crippen molar-refractivity contribution in [1.82, 2.24) is 9.97 Å². The number of hydrogen-bond acceptors (Lipinski definition) is 7. The first-order chi connectivity index (χ1) is 14.4. The minimum absolute atomic E-state index is 0.0218. The number of aliphatic hydroxyl groups is 1. The molecule has 9 heteroatoms. The van der Waals surface area contributed by atoms with Crippen molar-refractivity contribution >= 4 is 22.8 Å². The van der Waals surface area contributed by atoms with Gasteiger partial charge in [0.25, 0.3) is 0 Å². The average molecular weight is 430 g/mol. The van der Waals surface area contributed by atoms with Crippen LogP contribution in [0.5, 0.6) is 0 Å². The van der Waals surface area contributed by atoms with E-state index < -0.39 is 17.7 Å². The number of Topliss-reactive ketones (excluding diaryl/α,β-unsaturated/α-hetero) is 1. The largest absolute Gasteiger partial charge is 0.391 e. The van der Waals surface area contributed by atoms with Gasteiger partial charge in [-0.05, 0) is 24.6 Å². The van der Waals surface area contributed by atoms with Crippen molar-refractivity contribution < 1.29 is 18.7 Å². The summed E-state index contributed by atoms with van der Waals surface area (Å²) in [7, 11) is 0. The highest BCUT2D eigenvalue weighted by atomic mass is 32.1. The zero-order valence-electron chi connectivity index (χ0n) is 16.0. The van der Waals surface area contributed by atoms with Gasteiger partial charge in [0.2, 0.25) is 0 Å². The van der Waals surface area contributed by atoms with E-state index in [0.29, 0.717) is 25.1 Å². The van der Waals surface area contributed by atoms with Crippen LogP contribution in [0.25, 0.3) is 10.6 Å². The summed E-state index contributed by atoms with van der Waals surface area (Å²) in [4.78, 5) is 23.0. The van der Waals surface area contributed by atoms with E-state index in [1.807, 2.05) is 4.90 Å². The summed E-state index contributed by atoms with van der Waals surface area (Å²) in [6.07, 6.45) is 3.24. The Balaban J connectivity index is 1.57. The Morgan fingerprint density at radius 1 is 1.27 bits per heavy atom. The molecule has 1 aliphatic heterocycles. The lowest BCUT2D eigenvalue weighted by Gasteiger charge is -2.36. The average Bonchev–Trinajstić information content (AvgIpc) is 3.17. The smallest absolute Gasteiger partial charge is 0.186 e. The molecule has 1 fully saturated rings. The number of pyridine rings is 1. The molecule has 2 aromatic heterocycles. The fraction of sp³-hybridized carbons (Fsp3) is 0.286. The Bertz CT molecular complexity index is 1040. The maximum absolute atomic E-state index is 14.0. The van der Waals surface area contributed by atoms with Crippen molar-refractivity contribution in [1.29, 1.82) is 0 Å². The molecule has 0 aliphatic carbocycles. The number of anilines is 1. The number of thiazole rings is 1. The van der Waals surface area contributed by atoms with E-state index in [1.165, 1.54) is 11.4 Å². The van der Waals surface area contributed by atoms with Crippen LogP contribution >= 0.6 is 11.3 Å². The molecule has 3 N–H and O–H groups in total. The molecule has 4 rings (SSSR count). The van der Waals surface area contributed by atoms with Gasteiger partial charge in [0.1, 0.15) is 22.3 Å². The number of nitrogens with two attached hydrogens (primary N) is 1. The van der Waals surface area contributed by atoms with Crippen molar-refractivity contribution in [2.24, 2.45) is 5.73 Å². The molecule has 0 radical (unpaired) electrons. The Kier molecular flexibility index (Phi) is 5.85. The van der Waals surface area contributed by atoms with Gasteiger partial charge >= 0.3 is 0 Å². The molecule has 0 saturated carbocycles. The predicted molar refractivity (Wildman–Crippen MR) is 111 cm³/mol. The van der Waals surface area contributed by atoms with Gasteiger partial charge in [-0.25, -0.2) is 13.8 Å². The lowest BCUT2D eigenvalue weighted by molar-refractivity contribution is 0.0989. The molecule has 2 atom stereocenters. The molecular formula is C21H20F2N4O2S. The van der Waals surface area contributed by atoms with Crippen LogP contribution < -0.4 is 10.6 Å². The summed E-state index contributed by atoms with van der Waals surface area (Å²) in [5.41, 5.74) is 7.39. The summed E-state index contributed by atoms with van der Waals surface area (Å²) < 4.78 is 28.0. The van der Waals surface area contributed by atoms with E-state index in [9.17, 15) is 18.7 Å². The number of nitrogens with zero attached hydrogens (tertiary/aromatic N) is 3. The van der Waals surface area contributed by atoms with Crippen molar-refractivity contribution in [2.75, 3.05) is 18.0 Å². The maximum atomic E-state index is 14.0. The SMILES string of the molecule is N[C@H]1C[C@H](O)CN(c2ccncc2CC(=O)c2csc(-c3c(F)cccc3F)n2)C1. The molecule has 0 unspecified atom stereocenters. The van der Waals surface area contributed by atoms with Crippen LogP contribution in [0.3, 0.4) is 0 Å². The standard InChI is InChI=1S/C21H20F2N4O2S/c22-15-2-1-3-16(23)20(15)21-26-17(11-30-21)19(29)6-12-8-25-5-4-18(12)27-9-13(24)7-14(28)10-27/h1-5,8,11,13-14,28H,6-7,9-10,24H2/t13-,14-/m0/s1. The quantitative estimate of drug-likeness (QED) is 0.605. The third-order valence-corrected chi connectivity index (χ3v) is 5.86. The Labute approximate surface area is 176 Å². The van der Waals surface area contributed by atoms with Crippen LogP contribution in [-0.4, -0.2) is 46.1 Å². The number of hydrogen-bond donors (Lipinski definition) is 2. The van der Waals surface area contributed by atoms with E-state index in [4.69, 9.17) is 5.73 Å². The third-order valence-electron chi connectivity index (χ3n) is 5.00. The van der Waals surface area contributed by atoms with Crippen LogP contribution in [0.2, 0.25) is 0 Å². The Hall–Kier alpha value is -2.75. The van der Waals surface area contributed by atoms with Crippen molar-refractivity contribution in [3.63, 3.8) is 0 Å². The number of aliphatic hydroxyl groups excluding tert-OH is 1. The third kappa shape index (κ3) is 4.23. The molecule has 30 heavy (non-hydrogen) atoms. The van der Waals surface area contributed by atoms with E-state index in [-0.39, 0.29) is 34.5 Å². The fourth-order valence-electron chi connectivity index (χ4n) is 3.65. The van der Waals surface area contributed by atoms with Gasteiger partial charge < -0.3 is 15.7 Å². The number of piperidine rings is 1. The number of rotatable bonds is 5. The van der Waals surface area contributed by atoms with Gasteiger partial charge in [-0.3, -0.25) is 9.78 Å². The van der Waals surface area contributed by atoms with Gasteiger partial charge in [-0.2, -0.15) is 0 Å². The van der Waals surface area contributed by atoms with Gasteiger partial charge in [-0.1, -0.05) is 6.07 Å². The normalized spacial score (nSPS) is 19.1. The molecule has 1 aromatic carbocycles. The van der Waals surface area contributed by atoms with Gasteiger partial charge in [0.15, 0.2) is 5.78 Å². The summed E-state index contributed by atoms with van der Waals surface area (Å²) in [5.74, 6) is -1.74. The Morgan fingerprint density at radius 2 is 2.03 bits per heavy atom. The summed E-state index contributed by atoms with van der Waals surface area (Å²) >= 11 is 1.02. The van der Waals surface area contributed by atoms with Crippen molar-refractivity contribution in [3.05, 3.63) is 64.9 Å². The van der Waals surface area contributed by atoms with E-state index in [0.717, 1.165) is 29.2 Å². The summed E-state index contributed by atoms with van der Waals surface area (Å²) in [6, 6.07) is 5.21. The molecule has 1 saturated heterocycles. The molecule has 3 heterocycles. The first kappa shape index (κ1) is 20.5. The second-order valence-corrected chi connectivity index (χ2v) is 8.15. The lowest BCUT2D eigenvalue weighted by atomic mass is 10.0. The van der Waals surface area contributed by atoms with Crippen molar-refractivity contribution in [3.8, 4) is 10.6 Å². The highest BCUT2D eigenvalue weighted by Crippen LogP contribution is 2.30. The maximum Gasteiger partial charge on any atom is 0.186 e. The first-order valence-corrected chi connectivity index (χ1v) is 10.3.